The number of fused-ring (bicyclic) bond motifs is 1. The summed E-state index contributed by atoms with van der Waals surface area (Å²) in [6, 6.07) is 11.1. The zero-order valence-corrected chi connectivity index (χ0v) is 18.5. The van der Waals surface area contributed by atoms with E-state index in [2.05, 4.69) is 10.2 Å². The minimum absolute atomic E-state index is 0.139. The van der Waals surface area contributed by atoms with Crippen LogP contribution in [-0.4, -0.2) is 41.4 Å². The first kappa shape index (κ1) is 20.7. The average molecular weight is 442 g/mol. The van der Waals surface area contributed by atoms with Crippen LogP contribution in [0.25, 0.3) is 0 Å². The summed E-state index contributed by atoms with van der Waals surface area (Å²) in [5.41, 5.74) is 2.97. The molecule has 0 aliphatic carbocycles. The number of nitrogens with one attached hydrogen (secondary N) is 1. The number of anilines is 1. The number of methoxy groups -OCH3 is 1. The Morgan fingerprint density at radius 3 is 2.90 bits per heavy atom. The molecule has 2 aliphatic rings. The van der Waals surface area contributed by atoms with E-state index in [1.54, 1.807) is 17.8 Å². The maximum absolute atomic E-state index is 12.8. The summed E-state index contributed by atoms with van der Waals surface area (Å²) in [6.45, 7) is 2.82. The number of hydrogen-bond acceptors (Lipinski definition) is 7. The Morgan fingerprint density at radius 1 is 1.30 bits per heavy atom. The average Bonchev–Trinajstić information content (AvgIpc) is 3.32. The number of carbonyl (C=O) groups is 2. The second-order valence-corrected chi connectivity index (χ2v) is 8.96. The Hall–Kier alpha value is -2.58. The van der Waals surface area contributed by atoms with Crippen LogP contribution in [0.1, 0.15) is 41.0 Å². The van der Waals surface area contributed by atoms with E-state index in [4.69, 9.17) is 9.73 Å². The van der Waals surface area contributed by atoms with Gasteiger partial charge in [0.15, 0.2) is 5.17 Å². The van der Waals surface area contributed by atoms with E-state index < -0.39 is 0 Å². The Balaban J connectivity index is 1.73. The number of allylic oxidation sites excluding steroid dienone is 1. The molecule has 2 aromatic rings. The number of thioether (sulfide) groups is 1. The zero-order valence-electron chi connectivity index (χ0n) is 16.9. The summed E-state index contributed by atoms with van der Waals surface area (Å²) in [7, 11) is 1.40. The van der Waals surface area contributed by atoms with Gasteiger partial charge >= 0.3 is 5.97 Å². The van der Waals surface area contributed by atoms with Gasteiger partial charge in [0.05, 0.1) is 29.3 Å². The number of rotatable bonds is 5. The van der Waals surface area contributed by atoms with Crippen LogP contribution in [-0.2, 0) is 9.53 Å². The molecule has 0 radical (unpaired) electrons. The molecule has 2 aliphatic heterocycles. The third-order valence-corrected chi connectivity index (χ3v) is 7.04. The van der Waals surface area contributed by atoms with Crippen LogP contribution in [0.3, 0.4) is 0 Å². The van der Waals surface area contributed by atoms with E-state index in [0.29, 0.717) is 22.6 Å². The highest BCUT2D eigenvalue weighted by Crippen LogP contribution is 2.41. The lowest BCUT2D eigenvalue weighted by atomic mass is 9.93. The van der Waals surface area contributed by atoms with Crippen molar-refractivity contribution in [3.8, 4) is 0 Å². The molecule has 0 spiro atoms. The molecule has 1 aromatic heterocycles. The number of esters is 1. The molecule has 0 saturated carbocycles. The molecule has 6 nitrogen and oxygen atoms in total. The van der Waals surface area contributed by atoms with Gasteiger partial charge in [-0.05, 0) is 42.0 Å². The minimum Gasteiger partial charge on any atom is -0.466 e. The maximum atomic E-state index is 12.8. The van der Waals surface area contributed by atoms with Gasteiger partial charge in [-0.3, -0.25) is 4.79 Å². The summed E-state index contributed by atoms with van der Waals surface area (Å²) >= 11 is 3.12. The largest absolute Gasteiger partial charge is 0.466 e. The highest BCUT2D eigenvalue weighted by Gasteiger charge is 2.38. The number of thiophene rings is 1. The molecule has 1 saturated heterocycles. The number of benzene rings is 1. The number of aliphatic imine (C=N–C) groups is 1. The van der Waals surface area contributed by atoms with Crippen LogP contribution in [0, 0.1) is 0 Å². The van der Waals surface area contributed by atoms with Crippen molar-refractivity contribution in [3.05, 3.63) is 63.5 Å². The number of nitrogens with zero attached hydrogens (tertiary/aromatic N) is 2. The summed E-state index contributed by atoms with van der Waals surface area (Å²) in [6.07, 6.45) is 1.67. The lowest BCUT2D eigenvalue weighted by Crippen LogP contribution is -2.42. The smallest absolute Gasteiger partial charge is 0.338 e. The van der Waals surface area contributed by atoms with Crippen LogP contribution in [0.4, 0.5) is 5.69 Å². The third-order valence-electron chi connectivity index (χ3n) is 5.09. The standard InChI is InChI=1S/C22H23N3O3S2/c1-3-16-18(21(27)28-2)19(25-10-6-12-30-22(25)24-16)14-7-4-8-15(13-14)23-20(26)17-9-5-11-29-17/h4-5,7-9,11,13,19H,3,6,10,12H2,1-2H3,(H,23,26). The fourth-order valence-corrected chi connectivity index (χ4v) is 5.36. The molecule has 30 heavy (non-hydrogen) atoms. The molecule has 1 N–H and O–H groups in total. The molecule has 4 rings (SSSR count). The number of carbonyl (C=O) groups excluding carboxylic acids is 2. The normalized spacial score (nSPS) is 18.5. The van der Waals surface area contributed by atoms with E-state index in [0.717, 1.165) is 35.1 Å². The molecule has 1 unspecified atom stereocenters. The van der Waals surface area contributed by atoms with Gasteiger partial charge in [-0.25, -0.2) is 9.79 Å². The van der Waals surface area contributed by atoms with Gasteiger partial charge in [0.1, 0.15) is 0 Å². The summed E-state index contributed by atoms with van der Waals surface area (Å²) in [4.78, 5) is 32.9. The molecule has 8 heteroatoms. The number of hydrogen-bond donors (Lipinski definition) is 1. The van der Waals surface area contributed by atoms with E-state index in [1.807, 2.05) is 42.6 Å². The van der Waals surface area contributed by atoms with Gasteiger partial charge in [0.2, 0.25) is 0 Å². The minimum atomic E-state index is -0.358. The number of amides is 1. The molecular formula is C22H23N3O3S2. The predicted molar refractivity (Wildman–Crippen MR) is 122 cm³/mol. The predicted octanol–water partition coefficient (Wildman–Crippen LogP) is 4.69. The number of ether oxygens (including phenoxy) is 1. The Kier molecular flexibility index (Phi) is 6.24. The van der Waals surface area contributed by atoms with Crippen molar-refractivity contribution in [2.24, 2.45) is 4.99 Å². The fraction of sp³-hybridized carbons (Fsp3) is 0.318. The first-order valence-electron chi connectivity index (χ1n) is 9.86. The quantitative estimate of drug-likeness (QED) is 0.682. The van der Waals surface area contributed by atoms with Crippen molar-refractivity contribution in [2.45, 2.75) is 25.8 Å². The SMILES string of the molecule is CCC1=C(C(=O)OC)C(c2cccc(NC(=O)c3cccs3)c2)N2CCCSC2=N1. The van der Waals surface area contributed by atoms with Crippen LogP contribution in [0.15, 0.2) is 58.0 Å². The van der Waals surface area contributed by atoms with Crippen molar-refractivity contribution < 1.29 is 14.3 Å². The van der Waals surface area contributed by atoms with E-state index in [-0.39, 0.29) is 17.9 Å². The first-order valence-corrected chi connectivity index (χ1v) is 11.7. The molecule has 156 valence electrons. The van der Waals surface area contributed by atoms with Crippen molar-refractivity contribution >= 4 is 45.8 Å². The number of amidine groups is 1. The molecule has 0 bridgehead atoms. The van der Waals surface area contributed by atoms with Gasteiger partial charge in [0, 0.05) is 18.0 Å². The monoisotopic (exact) mass is 441 g/mol. The van der Waals surface area contributed by atoms with Crippen molar-refractivity contribution in [3.63, 3.8) is 0 Å². The molecule has 1 atom stereocenters. The van der Waals surface area contributed by atoms with Gasteiger partial charge < -0.3 is 15.0 Å². The lowest BCUT2D eigenvalue weighted by Gasteiger charge is -2.40. The van der Waals surface area contributed by atoms with Crippen molar-refractivity contribution in [1.82, 2.24) is 4.90 Å². The van der Waals surface area contributed by atoms with E-state index >= 15 is 0 Å². The van der Waals surface area contributed by atoms with Crippen LogP contribution in [0.5, 0.6) is 0 Å². The topological polar surface area (TPSA) is 71.0 Å². The first-order chi connectivity index (χ1) is 14.6. The Labute approximate surface area is 184 Å². The second-order valence-electron chi connectivity index (χ2n) is 6.95. The third kappa shape index (κ3) is 4.02. The lowest BCUT2D eigenvalue weighted by molar-refractivity contribution is -0.136. The van der Waals surface area contributed by atoms with E-state index in [1.165, 1.54) is 18.4 Å². The maximum Gasteiger partial charge on any atom is 0.338 e. The van der Waals surface area contributed by atoms with Crippen molar-refractivity contribution in [1.29, 1.82) is 0 Å². The van der Waals surface area contributed by atoms with Gasteiger partial charge in [-0.15, -0.1) is 11.3 Å². The molecule has 3 heterocycles. The van der Waals surface area contributed by atoms with Gasteiger partial charge in [-0.1, -0.05) is 36.9 Å². The molecule has 1 fully saturated rings. The summed E-state index contributed by atoms with van der Waals surface area (Å²) in [5, 5.41) is 5.79. The van der Waals surface area contributed by atoms with Crippen LogP contribution < -0.4 is 5.32 Å². The van der Waals surface area contributed by atoms with Gasteiger partial charge in [0.25, 0.3) is 5.91 Å². The highest BCUT2D eigenvalue weighted by atomic mass is 32.2. The second kappa shape index (κ2) is 9.06. The van der Waals surface area contributed by atoms with Gasteiger partial charge in [-0.2, -0.15) is 0 Å². The molecule has 1 amide bonds. The van der Waals surface area contributed by atoms with Crippen molar-refractivity contribution in [2.75, 3.05) is 24.7 Å². The summed E-state index contributed by atoms with van der Waals surface area (Å²) in [5.74, 6) is 0.520. The Morgan fingerprint density at radius 2 is 2.17 bits per heavy atom. The van der Waals surface area contributed by atoms with Crippen LogP contribution in [0.2, 0.25) is 0 Å². The van der Waals surface area contributed by atoms with E-state index in [9.17, 15) is 9.59 Å². The highest BCUT2D eigenvalue weighted by molar-refractivity contribution is 8.13. The fourth-order valence-electron chi connectivity index (χ4n) is 3.74. The Bertz CT molecular complexity index is 1010. The van der Waals surface area contributed by atoms with Crippen LogP contribution >= 0.6 is 23.1 Å². The zero-order chi connectivity index (χ0) is 21.1. The molecular weight excluding hydrogens is 418 g/mol. The summed E-state index contributed by atoms with van der Waals surface area (Å²) < 4.78 is 5.13. The molecule has 1 aromatic carbocycles.